The molecule has 0 N–H and O–H groups in total. The Hall–Kier alpha value is -0.900. The maximum atomic E-state index is 13.0. The van der Waals surface area contributed by atoms with E-state index in [1.165, 1.54) is 12.1 Å². The Morgan fingerprint density at radius 3 is 2.67 bits per heavy atom. The summed E-state index contributed by atoms with van der Waals surface area (Å²) >= 11 is 0. The van der Waals surface area contributed by atoms with E-state index in [1.807, 2.05) is 0 Å². The number of benzene rings is 1. The summed E-state index contributed by atoms with van der Waals surface area (Å²) < 4.78 is 36.7. The monoisotopic (exact) mass is 272 g/mol. The standard InChI is InChI=1S/C14H21FO2S/c1-3-12(2)6-5-9-18(16,17)11-13-7-4-8-14(15)10-13/h4,7-8,10,12H,3,5-6,9,11H2,1-2H3/t12-/m1/s1. The first kappa shape index (κ1) is 15.2. The lowest BCUT2D eigenvalue weighted by atomic mass is 10.0. The van der Waals surface area contributed by atoms with Gasteiger partial charge in [0, 0.05) is 0 Å². The lowest BCUT2D eigenvalue weighted by molar-refractivity contribution is 0.505. The first-order valence-corrected chi connectivity index (χ1v) is 8.20. The maximum Gasteiger partial charge on any atom is 0.154 e. The fourth-order valence-electron chi connectivity index (χ4n) is 1.81. The molecule has 1 aromatic carbocycles. The Kier molecular flexibility index (Phi) is 5.79. The van der Waals surface area contributed by atoms with Gasteiger partial charge in [-0.3, -0.25) is 0 Å². The van der Waals surface area contributed by atoms with Crippen molar-refractivity contribution in [1.29, 1.82) is 0 Å². The smallest absolute Gasteiger partial charge is 0.154 e. The Balaban J connectivity index is 2.50. The van der Waals surface area contributed by atoms with Crippen molar-refractivity contribution in [2.75, 3.05) is 5.75 Å². The lowest BCUT2D eigenvalue weighted by Crippen LogP contribution is -2.10. The van der Waals surface area contributed by atoms with Crippen LogP contribution in [0, 0.1) is 11.7 Å². The van der Waals surface area contributed by atoms with Crippen molar-refractivity contribution < 1.29 is 12.8 Å². The molecule has 0 aliphatic rings. The second-order valence-corrected chi connectivity index (χ2v) is 7.06. The Morgan fingerprint density at radius 2 is 2.06 bits per heavy atom. The van der Waals surface area contributed by atoms with Crippen LogP contribution >= 0.6 is 0 Å². The van der Waals surface area contributed by atoms with Gasteiger partial charge >= 0.3 is 0 Å². The van der Waals surface area contributed by atoms with E-state index in [1.54, 1.807) is 12.1 Å². The molecule has 0 aliphatic carbocycles. The average molecular weight is 272 g/mol. The number of hydrogen-bond donors (Lipinski definition) is 0. The SMILES string of the molecule is CC[C@@H](C)CCCS(=O)(=O)Cc1cccc(F)c1. The van der Waals surface area contributed by atoms with E-state index in [-0.39, 0.29) is 17.3 Å². The van der Waals surface area contributed by atoms with Gasteiger partial charge in [0.2, 0.25) is 0 Å². The van der Waals surface area contributed by atoms with E-state index in [0.717, 1.165) is 12.8 Å². The van der Waals surface area contributed by atoms with Crippen molar-refractivity contribution in [3.63, 3.8) is 0 Å². The van der Waals surface area contributed by atoms with E-state index in [0.29, 0.717) is 17.9 Å². The van der Waals surface area contributed by atoms with Crippen LogP contribution in [0.3, 0.4) is 0 Å². The largest absolute Gasteiger partial charge is 0.228 e. The fraction of sp³-hybridized carbons (Fsp3) is 0.571. The van der Waals surface area contributed by atoms with Crippen molar-refractivity contribution in [2.24, 2.45) is 5.92 Å². The highest BCUT2D eigenvalue weighted by atomic mass is 32.2. The molecule has 0 saturated carbocycles. The highest BCUT2D eigenvalue weighted by Crippen LogP contribution is 2.13. The van der Waals surface area contributed by atoms with Gasteiger partial charge in [-0.2, -0.15) is 0 Å². The third-order valence-corrected chi connectivity index (χ3v) is 4.81. The van der Waals surface area contributed by atoms with Crippen molar-refractivity contribution in [3.05, 3.63) is 35.6 Å². The molecule has 2 nitrogen and oxygen atoms in total. The van der Waals surface area contributed by atoms with Crippen LogP contribution in [0.4, 0.5) is 4.39 Å². The van der Waals surface area contributed by atoms with Crippen molar-refractivity contribution >= 4 is 9.84 Å². The predicted octanol–water partition coefficient (Wildman–Crippen LogP) is 3.57. The first-order chi connectivity index (χ1) is 8.43. The molecule has 0 aromatic heterocycles. The Bertz CT molecular complexity index is 468. The second kappa shape index (κ2) is 6.88. The van der Waals surface area contributed by atoms with Gasteiger partial charge in [-0.1, -0.05) is 32.4 Å². The number of rotatable bonds is 7. The second-order valence-electron chi connectivity index (χ2n) is 4.88. The molecule has 0 spiro atoms. The molecule has 1 atom stereocenters. The Labute approximate surface area is 109 Å². The molecule has 1 aromatic rings. The van der Waals surface area contributed by atoms with Crippen LogP contribution in [0.25, 0.3) is 0 Å². The van der Waals surface area contributed by atoms with Gasteiger partial charge in [-0.15, -0.1) is 0 Å². The van der Waals surface area contributed by atoms with Crippen LogP contribution in [0.2, 0.25) is 0 Å². The van der Waals surface area contributed by atoms with Crippen LogP contribution in [-0.4, -0.2) is 14.2 Å². The van der Waals surface area contributed by atoms with E-state index >= 15 is 0 Å². The summed E-state index contributed by atoms with van der Waals surface area (Å²) in [5.41, 5.74) is 0.526. The summed E-state index contributed by atoms with van der Waals surface area (Å²) in [6.45, 7) is 4.23. The molecule has 0 bridgehead atoms. The van der Waals surface area contributed by atoms with Gasteiger partial charge in [0.05, 0.1) is 11.5 Å². The normalized spacial score (nSPS) is 13.5. The van der Waals surface area contributed by atoms with Crippen molar-refractivity contribution in [3.8, 4) is 0 Å². The lowest BCUT2D eigenvalue weighted by Gasteiger charge is -2.08. The molecule has 0 saturated heterocycles. The van der Waals surface area contributed by atoms with Crippen molar-refractivity contribution in [1.82, 2.24) is 0 Å². The molecule has 4 heteroatoms. The summed E-state index contributed by atoms with van der Waals surface area (Å²) in [5.74, 6) is 0.302. The third kappa shape index (κ3) is 5.63. The molecular weight excluding hydrogens is 251 g/mol. The highest BCUT2D eigenvalue weighted by molar-refractivity contribution is 7.90. The summed E-state index contributed by atoms with van der Waals surface area (Å²) in [6, 6.07) is 5.79. The van der Waals surface area contributed by atoms with Crippen LogP contribution in [0.5, 0.6) is 0 Å². The van der Waals surface area contributed by atoms with Gasteiger partial charge < -0.3 is 0 Å². The van der Waals surface area contributed by atoms with E-state index < -0.39 is 9.84 Å². The quantitative estimate of drug-likeness (QED) is 0.760. The van der Waals surface area contributed by atoms with Crippen LogP contribution in [0.15, 0.2) is 24.3 Å². The molecule has 1 rings (SSSR count). The van der Waals surface area contributed by atoms with Gasteiger partial charge in [0.25, 0.3) is 0 Å². The molecule has 102 valence electrons. The molecule has 0 unspecified atom stereocenters. The topological polar surface area (TPSA) is 34.1 Å². The summed E-state index contributed by atoms with van der Waals surface area (Å²) in [6.07, 6.45) is 2.69. The molecule has 0 fully saturated rings. The highest BCUT2D eigenvalue weighted by Gasteiger charge is 2.12. The van der Waals surface area contributed by atoms with Gasteiger partial charge in [0.15, 0.2) is 9.84 Å². The molecule has 0 aliphatic heterocycles. The fourth-order valence-corrected chi connectivity index (χ4v) is 3.25. The maximum absolute atomic E-state index is 13.0. The van der Waals surface area contributed by atoms with Gasteiger partial charge in [0.1, 0.15) is 5.82 Å². The predicted molar refractivity (Wildman–Crippen MR) is 72.6 cm³/mol. The zero-order valence-electron chi connectivity index (χ0n) is 11.0. The number of hydrogen-bond acceptors (Lipinski definition) is 2. The zero-order chi connectivity index (χ0) is 13.6. The first-order valence-electron chi connectivity index (χ1n) is 6.38. The number of halogens is 1. The van der Waals surface area contributed by atoms with E-state index in [4.69, 9.17) is 0 Å². The molecule has 18 heavy (non-hydrogen) atoms. The minimum Gasteiger partial charge on any atom is -0.228 e. The molecule has 0 radical (unpaired) electrons. The van der Waals surface area contributed by atoms with E-state index in [2.05, 4.69) is 13.8 Å². The summed E-state index contributed by atoms with van der Waals surface area (Å²) in [7, 11) is -3.12. The van der Waals surface area contributed by atoms with Crippen LogP contribution in [-0.2, 0) is 15.6 Å². The van der Waals surface area contributed by atoms with Crippen LogP contribution < -0.4 is 0 Å². The van der Waals surface area contributed by atoms with Crippen LogP contribution in [0.1, 0.15) is 38.7 Å². The minimum absolute atomic E-state index is 0.0642. The van der Waals surface area contributed by atoms with E-state index in [9.17, 15) is 12.8 Å². The number of sulfone groups is 1. The Morgan fingerprint density at radius 1 is 1.33 bits per heavy atom. The third-order valence-electron chi connectivity index (χ3n) is 3.12. The molecular formula is C14H21FO2S. The average Bonchev–Trinajstić information content (AvgIpc) is 2.27. The summed E-state index contributed by atoms with van der Waals surface area (Å²) in [4.78, 5) is 0. The zero-order valence-corrected chi connectivity index (χ0v) is 11.8. The van der Waals surface area contributed by atoms with Gasteiger partial charge in [-0.05, 0) is 36.5 Å². The van der Waals surface area contributed by atoms with Crippen molar-refractivity contribution in [2.45, 2.75) is 38.9 Å². The van der Waals surface area contributed by atoms with Gasteiger partial charge in [-0.25, -0.2) is 12.8 Å². The minimum atomic E-state index is -3.12. The summed E-state index contributed by atoms with van der Waals surface area (Å²) in [5, 5.41) is 0. The molecule has 0 heterocycles. The molecule has 0 amide bonds.